The molecule has 0 radical (unpaired) electrons. The second kappa shape index (κ2) is 4.77. The molecule has 0 unspecified atom stereocenters. The maximum Gasteiger partial charge on any atom is 0.181 e. The van der Waals surface area contributed by atoms with Gasteiger partial charge in [-0.15, -0.1) is 0 Å². The lowest BCUT2D eigenvalue weighted by molar-refractivity contribution is 0.479. The van der Waals surface area contributed by atoms with Crippen LogP contribution in [0.2, 0.25) is 0 Å². The maximum absolute atomic E-state index is 5.65. The van der Waals surface area contributed by atoms with Crippen LogP contribution in [0.4, 0.5) is 5.82 Å². The summed E-state index contributed by atoms with van der Waals surface area (Å²) < 4.78 is 10.8. The standard InChI is InChI=1S/C13H10N4O2/c14-13-2-1-10(6-17-13)19-9-3-4-16-11(5-9)12-7-15-8-18-12/h1-8H,(H2,14,17). The lowest BCUT2D eigenvalue weighted by atomic mass is 10.3. The molecule has 0 amide bonds. The number of ether oxygens (including phenoxy) is 1. The fraction of sp³-hybridized carbons (Fsp3) is 0. The second-order valence-corrected chi connectivity index (χ2v) is 3.76. The van der Waals surface area contributed by atoms with Crippen LogP contribution in [0.15, 0.2) is 53.7 Å². The van der Waals surface area contributed by atoms with E-state index in [1.54, 1.807) is 42.9 Å². The lowest BCUT2D eigenvalue weighted by Crippen LogP contribution is -1.91. The summed E-state index contributed by atoms with van der Waals surface area (Å²) in [7, 11) is 0. The SMILES string of the molecule is Nc1ccc(Oc2ccnc(-c3cnco3)c2)cn1. The Bertz CT molecular complexity index is 665. The Morgan fingerprint density at radius 1 is 1.05 bits per heavy atom. The largest absolute Gasteiger partial charge is 0.456 e. The van der Waals surface area contributed by atoms with Crippen LogP contribution in [0.25, 0.3) is 11.5 Å². The first kappa shape index (κ1) is 11.2. The van der Waals surface area contributed by atoms with Gasteiger partial charge in [0.05, 0.1) is 12.4 Å². The molecule has 0 saturated carbocycles. The highest BCUT2D eigenvalue weighted by atomic mass is 16.5. The van der Waals surface area contributed by atoms with Crippen LogP contribution in [-0.2, 0) is 0 Å². The Morgan fingerprint density at radius 2 is 2.00 bits per heavy atom. The van der Waals surface area contributed by atoms with Crippen molar-refractivity contribution in [3.05, 3.63) is 49.2 Å². The molecular weight excluding hydrogens is 244 g/mol. The molecule has 6 heteroatoms. The van der Waals surface area contributed by atoms with E-state index in [4.69, 9.17) is 14.9 Å². The van der Waals surface area contributed by atoms with E-state index in [-0.39, 0.29) is 0 Å². The Balaban J connectivity index is 1.85. The van der Waals surface area contributed by atoms with Gasteiger partial charge in [0.1, 0.15) is 23.0 Å². The maximum atomic E-state index is 5.65. The lowest BCUT2D eigenvalue weighted by Gasteiger charge is -2.05. The molecule has 19 heavy (non-hydrogen) atoms. The molecule has 0 spiro atoms. The van der Waals surface area contributed by atoms with Crippen LogP contribution in [0.5, 0.6) is 11.5 Å². The van der Waals surface area contributed by atoms with Crippen molar-refractivity contribution in [1.82, 2.24) is 15.0 Å². The molecular formula is C13H10N4O2. The van der Waals surface area contributed by atoms with Gasteiger partial charge in [-0.2, -0.15) is 0 Å². The average molecular weight is 254 g/mol. The van der Waals surface area contributed by atoms with E-state index in [2.05, 4.69) is 15.0 Å². The van der Waals surface area contributed by atoms with Crippen molar-refractivity contribution in [1.29, 1.82) is 0 Å². The van der Waals surface area contributed by atoms with Crippen molar-refractivity contribution < 1.29 is 9.15 Å². The first-order valence-electron chi connectivity index (χ1n) is 5.55. The quantitative estimate of drug-likeness (QED) is 0.772. The van der Waals surface area contributed by atoms with Gasteiger partial charge in [0.15, 0.2) is 12.2 Å². The molecule has 6 nitrogen and oxygen atoms in total. The molecule has 3 aromatic rings. The van der Waals surface area contributed by atoms with Gasteiger partial charge in [0, 0.05) is 12.3 Å². The van der Waals surface area contributed by atoms with E-state index in [1.165, 1.54) is 6.39 Å². The fourth-order valence-corrected chi connectivity index (χ4v) is 1.54. The smallest absolute Gasteiger partial charge is 0.181 e. The van der Waals surface area contributed by atoms with Crippen molar-refractivity contribution in [3.8, 4) is 23.0 Å². The topological polar surface area (TPSA) is 87.1 Å². The molecule has 0 aliphatic heterocycles. The highest BCUT2D eigenvalue weighted by molar-refractivity contribution is 5.53. The van der Waals surface area contributed by atoms with Crippen molar-refractivity contribution in [2.75, 3.05) is 5.73 Å². The van der Waals surface area contributed by atoms with Gasteiger partial charge < -0.3 is 14.9 Å². The van der Waals surface area contributed by atoms with Gasteiger partial charge >= 0.3 is 0 Å². The summed E-state index contributed by atoms with van der Waals surface area (Å²) in [6, 6.07) is 6.93. The van der Waals surface area contributed by atoms with Crippen molar-refractivity contribution in [2.24, 2.45) is 0 Å². The molecule has 3 aromatic heterocycles. The van der Waals surface area contributed by atoms with E-state index in [0.717, 1.165) is 0 Å². The Morgan fingerprint density at radius 3 is 2.74 bits per heavy atom. The summed E-state index contributed by atoms with van der Waals surface area (Å²) >= 11 is 0. The Hall–Kier alpha value is -2.89. The molecule has 0 bridgehead atoms. The minimum Gasteiger partial charge on any atom is -0.456 e. The van der Waals surface area contributed by atoms with Gasteiger partial charge in [-0.05, 0) is 18.2 Å². The van der Waals surface area contributed by atoms with Gasteiger partial charge in [-0.3, -0.25) is 4.98 Å². The number of aromatic nitrogens is 3. The minimum absolute atomic E-state index is 0.449. The monoisotopic (exact) mass is 254 g/mol. The van der Waals surface area contributed by atoms with Crippen molar-refractivity contribution in [3.63, 3.8) is 0 Å². The van der Waals surface area contributed by atoms with Gasteiger partial charge in [-0.25, -0.2) is 9.97 Å². The number of nitrogens with zero attached hydrogens (tertiary/aromatic N) is 3. The third-order valence-corrected chi connectivity index (χ3v) is 2.41. The van der Waals surface area contributed by atoms with Gasteiger partial charge in [0.2, 0.25) is 0 Å². The number of pyridine rings is 2. The van der Waals surface area contributed by atoms with Crippen molar-refractivity contribution in [2.45, 2.75) is 0 Å². The van der Waals surface area contributed by atoms with E-state index >= 15 is 0 Å². The van der Waals surface area contributed by atoms with E-state index < -0.39 is 0 Å². The number of oxazole rings is 1. The number of hydrogen-bond acceptors (Lipinski definition) is 6. The molecule has 0 aliphatic carbocycles. The second-order valence-electron chi connectivity index (χ2n) is 3.76. The summed E-state index contributed by atoms with van der Waals surface area (Å²) in [6.45, 7) is 0. The zero-order chi connectivity index (χ0) is 13.1. The molecule has 3 heterocycles. The molecule has 0 saturated heterocycles. The normalized spacial score (nSPS) is 10.3. The highest BCUT2D eigenvalue weighted by Crippen LogP contribution is 2.25. The third kappa shape index (κ3) is 2.52. The van der Waals surface area contributed by atoms with E-state index in [9.17, 15) is 0 Å². The summed E-state index contributed by atoms with van der Waals surface area (Å²) in [5.74, 6) is 2.27. The van der Waals surface area contributed by atoms with Crippen LogP contribution >= 0.6 is 0 Å². The number of anilines is 1. The number of hydrogen-bond donors (Lipinski definition) is 1. The molecule has 94 valence electrons. The minimum atomic E-state index is 0.449. The predicted molar refractivity (Wildman–Crippen MR) is 68.5 cm³/mol. The number of rotatable bonds is 3. The molecule has 0 atom stereocenters. The van der Waals surface area contributed by atoms with E-state index in [0.29, 0.717) is 28.8 Å². The average Bonchev–Trinajstić information content (AvgIpc) is 2.96. The number of nitrogens with two attached hydrogens (primary N) is 1. The fourth-order valence-electron chi connectivity index (χ4n) is 1.54. The van der Waals surface area contributed by atoms with Crippen molar-refractivity contribution >= 4 is 5.82 Å². The molecule has 3 rings (SSSR count). The molecule has 0 fully saturated rings. The highest BCUT2D eigenvalue weighted by Gasteiger charge is 2.05. The molecule has 0 aliphatic rings. The molecule has 2 N–H and O–H groups in total. The molecule has 0 aromatic carbocycles. The van der Waals surface area contributed by atoms with Crippen LogP contribution in [0, 0.1) is 0 Å². The first-order chi connectivity index (χ1) is 9.31. The van der Waals surface area contributed by atoms with E-state index in [1.807, 2.05) is 0 Å². The Kier molecular flexibility index (Phi) is 2.82. The summed E-state index contributed by atoms with van der Waals surface area (Å²) in [5.41, 5.74) is 6.16. The van der Waals surface area contributed by atoms with Crippen LogP contribution in [0.1, 0.15) is 0 Å². The van der Waals surface area contributed by atoms with Gasteiger partial charge in [-0.1, -0.05) is 0 Å². The van der Waals surface area contributed by atoms with Crippen LogP contribution < -0.4 is 10.5 Å². The third-order valence-electron chi connectivity index (χ3n) is 2.41. The summed E-state index contributed by atoms with van der Waals surface area (Å²) in [5, 5.41) is 0. The zero-order valence-electron chi connectivity index (χ0n) is 9.85. The summed E-state index contributed by atoms with van der Waals surface area (Å²) in [6.07, 6.45) is 6.15. The summed E-state index contributed by atoms with van der Waals surface area (Å²) in [4.78, 5) is 12.0. The van der Waals surface area contributed by atoms with Gasteiger partial charge in [0.25, 0.3) is 0 Å². The number of nitrogen functional groups attached to an aromatic ring is 1. The van der Waals surface area contributed by atoms with Crippen LogP contribution in [-0.4, -0.2) is 15.0 Å². The zero-order valence-corrected chi connectivity index (χ0v) is 9.85. The Labute approximate surface area is 108 Å². The first-order valence-corrected chi connectivity index (χ1v) is 5.55. The predicted octanol–water partition coefficient (Wildman–Crippen LogP) is 2.51. The van der Waals surface area contributed by atoms with Crippen LogP contribution in [0.3, 0.4) is 0 Å².